The number of aliphatic carboxylic acids is 1. The maximum absolute atomic E-state index is 12.1. The molecule has 0 saturated heterocycles. The van der Waals surface area contributed by atoms with Gasteiger partial charge in [0, 0.05) is 35.6 Å². The van der Waals surface area contributed by atoms with Crippen molar-refractivity contribution in [2.45, 2.75) is 25.6 Å². The molecule has 2 aromatic heterocycles. The summed E-state index contributed by atoms with van der Waals surface area (Å²) in [7, 11) is 0. The largest absolute Gasteiger partial charge is 0.480 e. The number of nitrogens with zero attached hydrogens (tertiary/aromatic N) is 3. The summed E-state index contributed by atoms with van der Waals surface area (Å²) in [6.45, 7) is 0.638. The average Bonchev–Trinajstić information content (AvgIpc) is 3.48. The number of H-pyrrole nitrogens is 1. The van der Waals surface area contributed by atoms with Crippen LogP contribution in [-0.2, 0) is 24.3 Å². The fraction of sp³-hybridized carbons (Fsp3) is 0.148. The van der Waals surface area contributed by atoms with Gasteiger partial charge in [-0.15, -0.1) is 0 Å². The topological polar surface area (TPSA) is 95.8 Å². The van der Waals surface area contributed by atoms with Gasteiger partial charge in [0.2, 0.25) is 0 Å². The van der Waals surface area contributed by atoms with Gasteiger partial charge in [0.05, 0.1) is 16.6 Å². The predicted molar refractivity (Wildman–Crippen MR) is 141 cm³/mol. The molecule has 3 aromatic carbocycles. The molecule has 0 radical (unpaired) electrons. The summed E-state index contributed by atoms with van der Waals surface area (Å²) in [4.78, 5) is 16.9. The molecule has 0 aliphatic carbocycles. The molecule has 0 spiro atoms. The number of rotatable bonds is 9. The number of aromatic nitrogens is 4. The number of carboxylic acid groups (broad SMARTS) is 1. The van der Waals surface area contributed by atoms with Gasteiger partial charge in [0.1, 0.15) is 17.4 Å². The molecule has 0 amide bonds. The summed E-state index contributed by atoms with van der Waals surface area (Å²) in [5.41, 5.74) is 5.08. The van der Waals surface area contributed by atoms with Gasteiger partial charge < -0.3 is 10.1 Å². The molecule has 36 heavy (non-hydrogen) atoms. The summed E-state index contributed by atoms with van der Waals surface area (Å²) in [5.74, 6) is -0.926. The van der Waals surface area contributed by atoms with Gasteiger partial charge in [-0.1, -0.05) is 77.8 Å². The highest BCUT2D eigenvalue weighted by molar-refractivity contribution is 6.42. The van der Waals surface area contributed by atoms with Crippen LogP contribution in [0.25, 0.3) is 22.2 Å². The van der Waals surface area contributed by atoms with E-state index in [-0.39, 0.29) is 6.54 Å². The molecule has 182 valence electrons. The normalized spacial score (nSPS) is 12.2. The van der Waals surface area contributed by atoms with Crippen molar-refractivity contribution >= 4 is 40.1 Å². The Kier molecular flexibility index (Phi) is 7.04. The molecule has 0 bridgehead atoms. The molecule has 1 atom stereocenters. The van der Waals surface area contributed by atoms with E-state index in [4.69, 9.17) is 28.3 Å². The Balaban J connectivity index is 1.39. The average molecular weight is 520 g/mol. The third kappa shape index (κ3) is 5.28. The van der Waals surface area contributed by atoms with Crippen LogP contribution in [-0.4, -0.2) is 37.1 Å². The lowest BCUT2D eigenvalue weighted by Gasteiger charge is -2.13. The van der Waals surface area contributed by atoms with Gasteiger partial charge in [-0.25, -0.2) is 0 Å². The van der Waals surface area contributed by atoms with E-state index in [1.807, 2.05) is 66.9 Å². The molecule has 0 aliphatic rings. The number of aromatic amines is 1. The fourth-order valence-corrected chi connectivity index (χ4v) is 4.50. The van der Waals surface area contributed by atoms with Crippen molar-refractivity contribution in [1.82, 2.24) is 25.3 Å². The Bertz CT molecular complexity index is 1510. The molecule has 0 fully saturated rings. The number of carbonyl (C=O) groups is 1. The van der Waals surface area contributed by atoms with E-state index >= 15 is 0 Å². The Morgan fingerprint density at radius 2 is 1.78 bits per heavy atom. The van der Waals surface area contributed by atoms with Crippen molar-refractivity contribution < 1.29 is 9.90 Å². The Morgan fingerprint density at radius 3 is 2.56 bits per heavy atom. The van der Waals surface area contributed by atoms with Crippen molar-refractivity contribution in [1.29, 1.82) is 0 Å². The molecule has 2 heterocycles. The highest BCUT2D eigenvalue weighted by Crippen LogP contribution is 2.25. The molecule has 9 heteroatoms. The van der Waals surface area contributed by atoms with E-state index in [2.05, 4.69) is 15.4 Å². The third-order valence-corrected chi connectivity index (χ3v) is 6.73. The number of benzene rings is 3. The lowest BCUT2D eigenvalue weighted by atomic mass is 10.0. The van der Waals surface area contributed by atoms with E-state index in [1.54, 1.807) is 16.9 Å². The van der Waals surface area contributed by atoms with Crippen molar-refractivity contribution in [2.24, 2.45) is 0 Å². The van der Waals surface area contributed by atoms with E-state index in [0.29, 0.717) is 34.4 Å². The van der Waals surface area contributed by atoms with Crippen LogP contribution in [0.3, 0.4) is 0 Å². The Hall–Kier alpha value is -3.65. The lowest BCUT2D eigenvalue weighted by Crippen LogP contribution is -2.38. The molecule has 7 nitrogen and oxygen atoms in total. The fourth-order valence-electron chi connectivity index (χ4n) is 4.18. The van der Waals surface area contributed by atoms with Crippen LogP contribution in [0.4, 0.5) is 0 Å². The van der Waals surface area contributed by atoms with Gasteiger partial charge in [0.15, 0.2) is 0 Å². The molecule has 0 aliphatic heterocycles. The minimum absolute atomic E-state index is 0.241. The molecule has 0 saturated carbocycles. The molecule has 5 rings (SSSR count). The standard InChI is InChI=1S/C27H23Cl2N5O2/c28-21-11-10-17(12-22(21)29)16-34-32-25(26(33-34)18-6-2-1-3-7-18)15-31-24(27(35)36)13-19-14-30-23-9-5-4-8-20(19)23/h1-12,14,24,30-31H,13,15-16H2,(H,35,36)/t24-/m1/s1. The summed E-state index contributed by atoms with van der Waals surface area (Å²) in [5, 5.41) is 24.4. The molecular formula is C27H23Cl2N5O2. The zero-order valence-electron chi connectivity index (χ0n) is 19.2. The summed E-state index contributed by atoms with van der Waals surface area (Å²) >= 11 is 12.2. The van der Waals surface area contributed by atoms with Crippen LogP contribution in [0, 0.1) is 0 Å². The number of hydrogen-bond acceptors (Lipinski definition) is 4. The molecular weight excluding hydrogens is 497 g/mol. The zero-order valence-corrected chi connectivity index (χ0v) is 20.7. The van der Waals surface area contributed by atoms with Crippen LogP contribution < -0.4 is 5.32 Å². The maximum atomic E-state index is 12.1. The number of fused-ring (bicyclic) bond motifs is 1. The number of hydrogen-bond donors (Lipinski definition) is 3. The third-order valence-electron chi connectivity index (χ3n) is 5.99. The first kappa shape index (κ1) is 24.1. The quantitative estimate of drug-likeness (QED) is 0.236. The second-order valence-electron chi connectivity index (χ2n) is 8.48. The van der Waals surface area contributed by atoms with Crippen molar-refractivity contribution in [3.8, 4) is 11.3 Å². The van der Waals surface area contributed by atoms with Crippen LogP contribution in [0.15, 0.2) is 79.0 Å². The number of carboxylic acids is 1. The van der Waals surface area contributed by atoms with Gasteiger partial charge in [0.25, 0.3) is 0 Å². The minimum atomic E-state index is -0.926. The Morgan fingerprint density at radius 1 is 1.00 bits per heavy atom. The highest BCUT2D eigenvalue weighted by Gasteiger charge is 2.22. The van der Waals surface area contributed by atoms with Gasteiger partial charge in [-0.05, 0) is 29.3 Å². The maximum Gasteiger partial charge on any atom is 0.321 e. The number of nitrogens with one attached hydrogen (secondary N) is 2. The van der Waals surface area contributed by atoms with E-state index in [0.717, 1.165) is 27.6 Å². The molecule has 5 aromatic rings. The second-order valence-corrected chi connectivity index (χ2v) is 9.29. The highest BCUT2D eigenvalue weighted by atomic mass is 35.5. The number of para-hydroxylation sites is 1. The van der Waals surface area contributed by atoms with E-state index < -0.39 is 12.0 Å². The van der Waals surface area contributed by atoms with E-state index in [1.165, 1.54) is 0 Å². The molecule has 0 unspecified atom stereocenters. The SMILES string of the molecule is O=C(O)[C@@H](Cc1c[nH]c2ccccc12)NCc1nn(Cc2ccc(Cl)c(Cl)c2)nc1-c1ccccc1. The second kappa shape index (κ2) is 10.5. The van der Waals surface area contributed by atoms with Crippen LogP contribution >= 0.6 is 23.2 Å². The summed E-state index contributed by atoms with van der Waals surface area (Å²) in [6, 6.07) is 22.2. The van der Waals surface area contributed by atoms with Gasteiger partial charge >= 0.3 is 5.97 Å². The summed E-state index contributed by atoms with van der Waals surface area (Å²) in [6.07, 6.45) is 2.20. The van der Waals surface area contributed by atoms with E-state index in [9.17, 15) is 9.90 Å². The van der Waals surface area contributed by atoms with Gasteiger partial charge in [-0.2, -0.15) is 15.0 Å². The van der Waals surface area contributed by atoms with Crippen LogP contribution in [0.5, 0.6) is 0 Å². The smallest absolute Gasteiger partial charge is 0.321 e. The zero-order chi connectivity index (χ0) is 25.1. The van der Waals surface area contributed by atoms with Crippen molar-refractivity contribution in [3.63, 3.8) is 0 Å². The lowest BCUT2D eigenvalue weighted by molar-refractivity contribution is -0.139. The van der Waals surface area contributed by atoms with Gasteiger partial charge in [-0.3, -0.25) is 10.1 Å². The monoisotopic (exact) mass is 519 g/mol. The summed E-state index contributed by atoms with van der Waals surface area (Å²) < 4.78 is 0. The van der Waals surface area contributed by atoms with Crippen molar-refractivity contribution in [2.75, 3.05) is 0 Å². The minimum Gasteiger partial charge on any atom is -0.480 e. The van der Waals surface area contributed by atoms with Crippen LogP contribution in [0.1, 0.15) is 16.8 Å². The first-order valence-corrected chi connectivity index (χ1v) is 12.2. The van der Waals surface area contributed by atoms with Crippen molar-refractivity contribution in [3.05, 3.63) is 106 Å². The molecule has 3 N–H and O–H groups in total. The first-order chi connectivity index (χ1) is 17.5. The predicted octanol–water partition coefficient (Wildman–Crippen LogP) is 5.57. The number of halogens is 2. The Labute approximate surface area is 217 Å². The van der Waals surface area contributed by atoms with Crippen LogP contribution in [0.2, 0.25) is 10.0 Å². The first-order valence-electron chi connectivity index (χ1n) is 11.4.